The van der Waals surface area contributed by atoms with Crippen molar-refractivity contribution in [2.45, 2.75) is 6.92 Å². The first kappa shape index (κ1) is 13.0. The van der Waals surface area contributed by atoms with Crippen LogP contribution in [0.25, 0.3) is 0 Å². The molecular formula is C13H15NO3. The molecule has 0 bridgehead atoms. The molecule has 1 aromatic carbocycles. The van der Waals surface area contributed by atoms with Gasteiger partial charge in [0.25, 0.3) is 5.91 Å². The summed E-state index contributed by atoms with van der Waals surface area (Å²) in [4.78, 5) is 22.4. The minimum Gasteiger partial charge on any atom is -0.484 e. The molecule has 0 aromatic heterocycles. The Bertz CT molecular complexity index is 426. The molecule has 90 valence electrons. The van der Waals surface area contributed by atoms with Crippen molar-refractivity contribution in [2.24, 2.45) is 0 Å². The van der Waals surface area contributed by atoms with Crippen LogP contribution in [0.15, 0.2) is 36.9 Å². The molecular weight excluding hydrogens is 218 g/mol. The second kappa shape index (κ2) is 6.48. The molecule has 0 saturated heterocycles. The molecule has 0 atom stereocenters. The SMILES string of the molecule is C=CCNC(=O)COc1cccc(C(C)=O)c1. The van der Waals surface area contributed by atoms with Gasteiger partial charge < -0.3 is 10.1 Å². The molecule has 0 saturated carbocycles. The van der Waals surface area contributed by atoms with Crippen molar-refractivity contribution in [1.82, 2.24) is 5.32 Å². The maximum absolute atomic E-state index is 11.2. The summed E-state index contributed by atoms with van der Waals surface area (Å²) in [5.74, 6) is 0.246. The highest BCUT2D eigenvalue weighted by atomic mass is 16.5. The van der Waals surface area contributed by atoms with E-state index in [2.05, 4.69) is 11.9 Å². The van der Waals surface area contributed by atoms with E-state index in [0.717, 1.165) is 0 Å². The maximum atomic E-state index is 11.2. The van der Waals surface area contributed by atoms with E-state index in [-0.39, 0.29) is 18.3 Å². The van der Waals surface area contributed by atoms with Gasteiger partial charge in [-0.1, -0.05) is 18.2 Å². The Morgan fingerprint density at radius 3 is 2.88 bits per heavy atom. The van der Waals surface area contributed by atoms with Gasteiger partial charge in [0, 0.05) is 12.1 Å². The van der Waals surface area contributed by atoms with Crippen molar-refractivity contribution in [1.29, 1.82) is 0 Å². The van der Waals surface area contributed by atoms with Crippen LogP contribution in [0.2, 0.25) is 0 Å². The van der Waals surface area contributed by atoms with Crippen molar-refractivity contribution in [3.8, 4) is 5.75 Å². The van der Waals surface area contributed by atoms with Crippen LogP contribution < -0.4 is 10.1 Å². The summed E-state index contributed by atoms with van der Waals surface area (Å²) >= 11 is 0. The van der Waals surface area contributed by atoms with Crippen LogP contribution in [0.5, 0.6) is 5.75 Å². The number of Topliss-reactive ketones (excluding diaryl/α,β-unsaturated/α-hetero) is 1. The van der Waals surface area contributed by atoms with Crippen LogP contribution >= 0.6 is 0 Å². The number of hydrogen-bond acceptors (Lipinski definition) is 3. The van der Waals surface area contributed by atoms with Crippen LogP contribution in [0.4, 0.5) is 0 Å². The van der Waals surface area contributed by atoms with Gasteiger partial charge in [-0.3, -0.25) is 9.59 Å². The van der Waals surface area contributed by atoms with Crippen molar-refractivity contribution in [3.05, 3.63) is 42.5 Å². The molecule has 1 aromatic rings. The zero-order chi connectivity index (χ0) is 12.7. The van der Waals surface area contributed by atoms with Gasteiger partial charge >= 0.3 is 0 Å². The quantitative estimate of drug-likeness (QED) is 0.599. The van der Waals surface area contributed by atoms with E-state index in [1.54, 1.807) is 30.3 Å². The molecule has 1 N–H and O–H groups in total. The lowest BCUT2D eigenvalue weighted by atomic mass is 10.1. The predicted octanol–water partition coefficient (Wildman–Crippen LogP) is 1.57. The van der Waals surface area contributed by atoms with Crippen molar-refractivity contribution in [3.63, 3.8) is 0 Å². The minimum atomic E-state index is -0.224. The van der Waals surface area contributed by atoms with Gasteiger partial charge in [-0.25, -0.2) is 0 Å². The van der Waals surface area contributed by atoms with E-state index in [1.165, 1.54) is 6.92 Å². The molecule has 4 nitrogen and oxygen atoms in total. The normalized spacial score (nSPS) is 9.47. The van der Waals surface area contributed by atoms with Crippen LogP contribution in [0.1, 0.15) is 17.3 Å². The Labute approximate surface area is 100 Å². The second-order valence-electron chi connectivity index (χ2n) is 3.47. The third-order valence-electron chi connectivity index (χ3n) is 2.05. The summed E-state index contributed by atoms with van der Waals surface area (Å²) in [5.41, 5.74) is 0.564. The van der Waals surface area contributed by atoms with Crippen LogP contribution in [-0.2, 0) is 4.79 Å². The van der Waals surface area contributed by atoms with E-state index < -0.39 is 0 Å². The van der Waals surface area contributed by atoms with Gasteiger partial charge in [0.15, 0.2) is 12.4 Å². The van der Waals surface area contributed by atoms with Gasteiger partial charge in [-0.05, 0) is 19.1 Å². The average Bonchev–Trinajstić information content (AvgIpc) is 2.34. The third kappa shape index (κ3) is 4.51. The Morgan fingerprint density at radius 1 is 1.47 bits per heavy atom. The first-order valence-corrected chi connectivity index (χ1v) is 5.25. The van der Waals surface area contributed by atoms with Crippen LogP contribution in [-0.4, -0.2) is 24.8 Å². The van der Waals surface area contributed by atoms with Gasteiger partial charge in [-0.2, -0.15) is 0 Å². The predicted molar refractivity (Wildman–Crippen MR) is 65.1 cm³/mol. The first-order valence-electron chi connectivity index (χ1n) is 5.25. The zero-order valence-corrected chi connectivity index (χ0v) is 9.73. The Kier molecular flexibility index (Phi) is 4.94. The summed E-state index contributed by atoms with van der Waals surface area (Å²) in [6.45, 7) is 5.31. The minimum absolute atomic E-state index is 0.0356. The largest absolute Gasteiger partial charge is 0.484 e. The number of ether oxygens (including phenoxy) is 1. The van der Waals surface area contributed by atoms with Crippen molar-refractivity contribution < 1.29 is 14.3 Å². The summed E-state index contributed by atoms with van der Waals surface area (Å²) < 4.78 is 5.26. The number of nitrogens with one attached hydrogen (secondary N) is 1. The fourth-order valence-electron chi connectivity index (χ4n) is 1.19. The summed E-state index contributed by atoms with van der Waals surface area (Å²) in [6.07, 6.45) is 1.59. The molecule has 0 aliphatic carbocycles. The summed E-state index contributed by atoms with van der Waals surface area (Å²) in [6, 6.07) is 6.73. The molecule has 1 amide bonds. The summed E-state index contributed by atoms with van der Waals surface area (Å²) in [7, 11) is 0. The standard InChI is InChI=1S/C13H15NO3/c1-3-7-14-13(16)9-17-12-6-4-5-11(8-12)10(2)15/h3-6,8H,1,7,9H2,2H3,(H,14,16). The molecule has 0 spiro atoms. The molecule has 0 aliphatic heterocycles. The zero-order valence-electron chi connectivity index (χ0n) is 9.73. The monoisotopic (exact) mass is 233 g/mol. The van der Waals surface area contributed by atoms with Crippen LogP contribution in [0, 0.1) is 0 Å². The van der Waals surface area contributed by atoms with E-state index >= 15 is 0 Å². The molecule has 1 rings (SSSR count). The number of rotatable bonds is 6. The van der Waals surface area contributed by atoms with E-state index in [0.29, 0.717) is 17.9 Å². The Hall–Kier alpha value is -2.10. The molecule has 0 radical (unpaired) electrons. The number of carbonyl (C=O) groups is 2. The molecule has 0 fully saturated rings. The van der Waals surface area contributed by atoms with Crippen molar-refractivity contribution in [2.75, 3.05) is 13.2 Å². The number of carbonyl (C=O) groups excluding carboxylic acids is 2. The molecule has 0 unspecified atom stereocenters. The highest BCUT2D eigenvalue weighted by Crippen LogP contribution is 2.13. The molecule has 0 aliphatic rings. The van der Waals surface area contributed by atoms with Gasteiger partial charge in [0.1, 0.15) is 5.75 Å². The number of hydrogen-bond donors (Lipinski definition) is 1. The number of benzene rings is 1. The lowest BCUT2D eigenvalue weighted by Crippen LogP contribution is -2.28. The topological polar surface area (TPSA) is 55.4 Å². The highest BCUT2D eigenvalue weighted by molar-refractivity contribution is 5.94. The highest BCUT2D eigenvalue weighted by Gasteiger charge is 2.03. The smallest absolute Gasteiger partial charge is 0.258 e. The fourth-order valence-corrected chi connectivity index (χ4v) is 1.19. The average molecular weight is 233 g/mol. The Morgan fingerprint density at radius 2 is 2.24 bits per heavy atom. The van der Waals surface area contributed by atoms with Crippen LogP contribution in [0.3, 0.4) is 0 Å². The van der Waals surface area contributed by atoms with Gasteiger partial charge in [0.05, 0.1) is 0 Å². The fraction of sp³-hybridized carbons (Fsp3) is 0.231. The molecule has 4 heteroatoms. The first-order chi connectivity index (χ1) is 8.13. The lowest BCUT2D eigenvalue weighted by molar-refractivity contribution is -0.122. The number of ketones is 1. The molecule has 17 heavy (non-hydrogen) atoms. The van der Waals surface area contributed by atoms with Gasteiger partial charge in [-0.15, -0.1) is 6.58 Å². The maximum Gasteiger partial charge on any atom is 0.258 e. The Balaban J connectivity index is 2.51. The second-order valence-corrected chi connectivity index (χ2v) is 3.47. The van der Waals surface area contributed by atoms with E-state index in [9.17, 15) is 9.59 Å². The van der Waals surface area contributed by atoms with E-state index in [1.807, 2.05) is 0 Å². The van der Waals surface area contributed by atoms with E-state index in [4.69, 9.17) is 4.74 Å². The third-order valence-corrected chi connectivity index (χ3v) is 2.05. The number of amides is 1. The van der Waals surface area contributed by atoms with Crippen molar-refractivity contribution >= 4 is 11.7 Å². The molecule has 0 heterocycles. The van der Waals surface area contributed by atoms with Gasteiger partial charge in [0.2, 0.25) is 0 Å². The summed E-state index contributed by atoms with van der Waals surface area (Å²) in [5, 5.41) is 2.59. The lowest BCUT2D eigenvalue weighted by Gasteiger charge is -2.06.